The molecule has 0 amide bonds. The Hall–Kier alpha value is -4.29. The lowest BCUT2D eigenvalue weighted by atomic mass is 10.0. The summed E-state index contributed by atoms with van der Waals surface area (Å²) in [4.78, 5) is 22.9. The third-order valence-corrected chi connectivity index (χ3v) is 7.86. The lowest BCUT2D eigenvalue weighted by Crippen LogP contribution is -2.43. The summed E-state index contributed by atoms with van der Waals surface area (Å²) in [7, 11) is 3.16. The monoisotopic (exact) mass is 556 g/mol. The highest BCUT2D eigenvalue weighted by molar-refractivity contribution is 5.88. The second-order valence-electron chi connectivity index (χ2n) is 10.4. The van der Waals surface area contributed by atoms with Crippen molar-refractivity contribution < 1.29 is 9.47 Å². The topological polar surface area (TPSA) is 132 Å². The van der Waals surface area contributed by atoms with Gasteiger partial charge in [-0.15, -0.1) is 5.10 Å². The van der Waals surface area contributed by atoms with E-state index in [1.807, 2.05) is 12.1 Å². The molecule has 4 aromatic rings. The highest BCUT2D eigenvalue weighted by Gasteiger charge is 2.25. The van der Waals surface area contributed by atoms with E-state index >= 15 is 0 Å². The number of fused-ring (bicyclic) bond motifs is 1. The van der Waals surface area contributed by atoms with Gasteiger partial charge in [-0.05, 0) is 76.1 Å². The number of hydrogen-bond donors (Lipinski definition) is 2. The number of nitrogens with zero attached hydrogens (tertiary/aromatic N) is 8. The second-order valence-corrected chi connectivity index (χ2v) is 10.4. The third kappa shape index (κ3) is 5.93. The first-order chi connectivity index (χ1) is 20.1. The number of rotatable bonds is 9. The number of pyridine rings is 1. The molecule has 0 saturated carbocycles. The number of methoxy groups -OCH3 is 2. The molecule has 41 heavy (non-hydrogen) atoms. The first-order valence-corrected chi connectivity index (χ1v) is 14.1. The molecule has 5 heterocycles. The minimum Gasteiger partial charge on any atom is -0.493 e. The van der Waals surface area contributed by atoms with E-state index in [-0.39, 0.29) is 5.95 Å². The lowest BCUT2D eigenvalue weighted by Gasteiger charge is -2.36. The van der Waals surface area contributed by atoms with Crippen LogP contribution >= 0.6 is 0 Å². The molecule has 0 atom stereocenters. The molecule has 2 saturated heterocycles. The van der Waals surface area contributed by atoms with E-state index in [9.17, 15) is 0 Å². The van der Waals surface area contributed by atoms with Crippen LogP contribution in [0.15, 0.2) is 42.9 Å². The average Bonchev–Trinajstić information content (AvgIpc) is 3.67. The molecule has 6 rings (SSSR count). The number of nitrogen functional groups attached to an aromatic ring is 1. The number of hydrogen-bond acceptors (Lipinski definition) is 11. The maximum atomic E-state index is 6.23. The Balaban J connectivity index is 1.08. The largest absolute Gasteiger partial charge is 0.493 e. The van der Waals surface area contributed by atoms with Crippen molar-refractivity contribution in [1.82, 2.24) is 39.5 Å². The van der Waals surface area contributed by atoms with Gasteiger partial charge in [-0.2, -0.15) is 9.67 Å². The first-order valence-electron chi connectivity index (χ1n) is 14.1. The second kappa shape index (κ2) is 12.1. The maximum absolute atomic E-state index is 6.23. The molecule has 1 aromatic carbocycles. The molecule has 0 bridgehead atoms. The molecule has 3 aromatic heterocycles. The molecule has 214 valence electrons. The quantitative estimate of drug-likeness (QED) is 0.314. The van der Waals surface area contributed by atoms with E-state index in [1.165, 1.54) is 49.8 Å². The molecule has 0 radical (unpaired) electrons. The normalized spacial score (nSPS) is 17.0. The fourth-order valence-corrected chi connectivity index (χ4v) is 5.67. The number of aromatic nitrogens is 6. The summed E-state index contributed by atoms with van der Waals surface area (Å²) in [6, 6.07) is 8.28. The molecular formula is C29H36N10O2. The molecule has 0 unspecified atom stereocenters. The van der Waals surface area contributed by atoms with Crippen molar-refractivity contribution in [2.24, 2.45) is 0 Å². The Labute approximate surface area is 239 Å². The van der Waals surface area contributed by atoms with E-state index in [2.05, 4.69) is 52.3 Å². The molecule has 2 fully saturated rings. The van der Waals surface area contributed by atoms with Gasteiger partial charge in [0.1, 0.15) is 6.33 Å². The fourth-order valence-electron chi connectivity index (χ4n) is 5.67. The number of ether oxygens (including phenoxy) is 2. The molecule has 0 spiro atoms. The van der Waals surface area contributed by atoms with Crippen molar-refractivity contribution >= 4 is 34.6 Å². The van der Waals surface area contributed by atoms with Crippen molar-refractivity contribution in [2.75, 3.05) is 58.0 Å². The molecular weight excluding hydrogens is 520 g/mol. The zero-order valence-corrected chi connectivity index (χ0v) is 23.5. The van der Waals surface area contributed by atoms with Crippen molar-refractivity contribution in [3.05, 3.63) is 48.6 Å². The lowest BCUT2D eigenvalue weighted by molar-refractivity contribution is 0.135. The van der Waals surface area contributed by atoms with Gasteiger partial charge < -0.3 is 25.4 Å². The van der Waals surface area contributed by atoms with E-state index in [0.29, 0.717) is 34.2 Å². The van der Waals surface area contributed by atoms with Gasteiger partial charge in [-0.25, -0.2) is 9.97 Å². The van der Waals surface area contributed by atoms with Crippen LogP contribution in [-0.2, 0) is 0 Å². The van der Waals surface area contributed by atoms with Gasteiger partial charge in [0.25, 0.3) is 0 Å². The Kier molecular flexibility index (Phi) is 7.92. The summed E-state index contributed by atoms with van der Waals surface area (Å²) >= 11 is 0. The summed E-state index contributed by atoms with van der Waals surface area (Å²) in [6.45, 7) is 5.86. The van der Waals surface area contributed by atoms with Crippen LogP contribution < -0.4 is 20.5 Å². The summed E-state index contributed by atoms with van der Waals surface area (Å²) < 4.78 is 12.3. The molecule has 12 nitrogen and oxygen atoms in total. The molecule has 2 aliphatic rings. The predicted octanol–water partition coefficient (Wildman–Crippen LogP) is 3.52. The van der Waals surface area contributed by atoms with Crippen LogP contribution in [0.5, 0.6) is 11.5 Å². The van der Waals surface area contributed by atoms with Crippen molar-refractivity contribution in [2.45, 2.75) is 31.7 Å². The summed E-state index contributed by atoms with van der Waals surface area (Å²) in [5, 5.41) is 8.41. The Morgan fingerprint density at radius 2 is 1.78 bits per heavy atom. The maximum Gasteiger partial charge on any atom is 0.248 e. The van der Waals surface area contributed by atoms with Gasteiger partial charge in [-0.3, -0.25) is 9.88 Å². The van der Waals surface area contributed by atoms with Crippen LogP contribution in [0.25, 0.3) is 22.8 Å². The standard InChI is InChI=1S/C29H36N10O2/c1-40-25-16-23-24(17-26(25)41-2)32-19-33-27(23)39-28(30)35-29(36-39)34-21-8-7-20(31-18-21)6-5-11-37-14-9-22(10-15-37)38-12-3-4-13-38/h5-8,16-19,22H,3-4,9-15H2,1-2H3,(H3,30,34,35,36). The Bertz CT molecular complexity index is 1510. The Morgan fingerprint density at radius 1 is 1.00 bits per heavy atom. The highest BCUT2D eigenvalue weighted by atomic mass is 16.5. The molecule has 0 aliphatic carbocycles. The van der Waals surface area contributed by atoms with Crippen molar-refractivity contribution in [3.63, 3.8) is 0 Å². The Morgan fingerprint density at radius 3 is 2.51 bits per heavy atom. The minimum atomic E-state index is 0.180. The third-order valence-electron chi connectivity index (χ3n) is 7.86. The average molecular weight is 557 g/mol. The van der Waals surface area contributed by atoms with E-state index in [0.717, 1.165) is 37.1 Å². The van der Waals surface area contributed by atoms with Crippen LogP contribution in [0.1, 0.15) is 31.4 Å². The number of nitrogens with two attached hydrogens (primary N) is 1. The summed E-state index contributed by atoms with van der Waals surface area (Å²) in [5.41, 5.74) is 8.54. The first kappa shape index (κ1) is 26.9. The van der Waals surface area contributed by atoms with Crippen molar-refractivity contribution in [3.8, 4) is 17.3 Å². The molecule has 2 aliphatic heterocycles. The van der Waals surface area contributed by atoms with Gasteiger partial charge in [0, 0.05) is 24.0 Å². The zero-order valence-electron chi connectivity index (χ0n) is 23.5. The predicted molar refractivity (Wildman–Crippen MR) is 159 cm³/mol. The van der Waals surface area contributed by atoms with Gasteiger partial charge in [0.15, 0.2) is 17.3 Å². The van der Waals surface area contributed by atoms with Gasteiger partial charge in [-0.1, -0.05) is 6.08 Å². The number of likely N-dealkylation sites (tertiary alicyclic amines) is 2. The summed E-state index contributed by atoms with van der Waals surface area (Å²) in [6.07, 6.45) is 12.8. The number of benzene rings is 1. The van der Waals surface area contributed by atoms with Crippen molar-refractivity contribution in [1.29, 1.82) is 0 Å². The van der Waals surface area contributed by atoms with Crippen LogP contribution in [0.2, 0.25) is 0 Å². The van der Waals surface area contributed by atoms with E-state index < -0.39 is 0 Å². The summed E-state index contributed by atoms with van der Waals surface area (Å²) in [5.74, 6) is 2.11. The number of piperidine rings is 1. The number of anilines is 3. The number of nitrogens with one attached hydrogen (secondary N) is 1. The van der Waals surface area contributed by atoms with E-state index in [1.54, 1.807) is 32.5 Å². The molecule has 12 heteroatoms. The SMILES string of the molecule is COc1cc2ncnc(-n3nc(Nc4ccc(C=CCN5CCC(N6CCCC6)CC5)nc4)nc3N)c2cc1OC. The van der Waals surface area contributed by atoms with Gasteiger partial charge in [0.2, 0.25) is 11.9 Å². The van der Waals surface area contributed by atoms with Crippen LogP contribution in [0, 0.1) is 0 Å². The van der Waals surface area contributed by atoms with E-state index in [4.69, 9.17) is 15.2 Å². The van der Waals surface area contributed by atoms with Gasteiger partial charge >= 0.3 is 0 Å². The fraction of sp³-hybridized carbons (Fsp3) is 0.414. The minimum absolute atomic E-state index is 0.180. The van der Waals surface area contributed by atoms with Gasteiger partial charge in [0.05, 0.1) is 37.3 Å². The van der Waals surface area contributed by atoms with Crippen LogP contribution in [0.3, 0.4) is 0 Å². The highest BCUT2D eigenvalue weighted by Crippen LogP contribution is 2.33. The van der Waals surface area contributed by atoms with Crippen LogP contribution in [0.4, 0.5) is 17.6 Å². The molecule has 3 N–H and O–H groups in total. The smallest absolute Gasteiger partial charge is 0.248 e. The van der Waals surface area contributed by atoms with Crippen LogP contribution in [-0.4, -0.2) is 92.5 Å². The zero-order chi connectivity index (χ0) is 28.2.